The lowest BCUT2D eigenvalue weighted by atomic mass is 10.1. The van der Waals surface area contributed by atoms with Crippen molar-refractivity contribution >= 4 is 21.8 Å². The van der Waals surface area contributed by atoms with E-state index in [1.165, 1.54) is 28.6 Å². The molecule has 0 unspecified atom stereocenters. The van der Waals surface area contributed by atoms with Gasteiger partial charge in [-0.2, -0.15) is 4.31 Å². The molecule has 0 fully saturated rings. The molecule has 0 saturated heterocycles. The van der Waals surface area contributed by atoms with Gasteiger partial charge in [0.15, 0.2) is 0 Å². The fraction of sp³-hybridized carbons (Fsp3) is 0.444. The van der Waals surface area contributed by atoms with Gasteiger partial charge in [-0.15, -0.1) is 0 Å². The minimum absolute atomic E-state index is 0.0521. The van der Waals surface area contributed by atoms with Crippen molar-refractivity contribution in [1.29, 1.82) is 0 Å². The first-order valence-corrected chi connectivity index (χ1v) is 10.2. The zero-order valence-electron chi connectivity index (χ0n) is 15.1. The highest BCUT2D eigenvalue weighted by Gasteiger charge is 2.22. The molecule has 0 heterocycles. The summed E-state index contributed by atoms with van der Waals surface area (Å²) in [6.45, 7) is 4.21. The summed E-state index contributed by atoms with van der Waals surface area (Å²) in [4.78, 5) is 24.1. The van der Waals surface area contributed by atoms with Crippen LogP contribution in [0.1, 0.15) is 43.5 Å². The van der Waals surface area contributed by atoms with E-state index in [1.54, 1.807) is 13.8 Å². The fourth-order valence-corrected chi connectivity index (χ4v) is 4.37. The van der Waals surface area contributed by atoms with Crippen LogP contribution in [0.3, 0.4) is 0 Å². The molecular weight excluding hydrogens is 354 g/mol. The monoisotopic (exact) mass is 379 g/mol. The Kier molecular flexibility index (Phi) is 6.93. The zero-order valence-corrected chi connectivity index (χ0v) is 15.9. The lowest BCUT2D eigenvalue weighted by Crippen LogP contribution is -2.42. The van der Waals surface area contributed by atoms with E-state index in [0.717, 1.165) is 12.8 Å². The van der Waals surface area contributed by atoms with Gasteiger partial charge in [0.1, 0.15) is 0 Å². The molecule has 26 heavy (non-hydrogen) atoms. The van der Waals surface area contributed by atoms with Crippen molar-refractivity contribution in [2.75, 3.05) is 13.1 Å². The third-order valence-electron chi connectivity index (χ3n) is 4.31. The molecule has 7 nitrogen and oxygen atoms in total. The van der Waals surface area contributed by atoms with Gasteiger partial charge in [-0.05, 0) is 37.0 Å². The summed E-state index contributed by atoms with van der Waals surface area (Å²) in [6.07, 6.45) is 6.26. The number of benzene rings is 1. The summed E-state index contributed by atoms with van der Waals surface area (Å²) in [5.74, 6) is -0.631. The van der Waals surface area contributed by atoms with Gasteiger partial charge in [-0.1, -0.05) is 32.1 Å². The Morgan fingerprint density at radius 3 is 2.54 bits per heavy atom. The Morgan fingerprint density at radius 2 is 1.92 bits per heavy atom. The number of hydrogen-bond acceptors (Lipinski definition) is 4. The SMILES string of the molecule is CCN(CC)S(=O)(=O)c1cccc(C(=O)NNC(=O)C[C@H]2C=CCC2)c1. The van der Waals surface area contributed by atoms with Crippen LogP contribution in [-0.4, -0.2) is 37.6 Å². The summed E-state index contributed by atoms with van der Waals surface area (Å²) in [5.41, 5.74) is 4.88. The normalized spacial score (nSPS) is 16.7. The van der Waals surface area contributed by atoms with Crippen LogP contribution in [-0.2, 0) is 14.8 Å². The fourth-order valence-electron chi connectivity index (χ4n) is 2.86. The van der Waals surface area contributed by atoms with E-state index in [-0.39, 0.29) is 22.3 Å². The second kappa shape index (κ2) is 8.95. The van der Waals surface area contributed by atoms with Crippen LogP contribution in [0.5, 0.6) is 0 Å². The lowest BCUT2D eigenvalue weighted by Gasteiger charge is -2.18. The van der Waals surface area contributed by atoms with Crippen LogP contribution in [0.25, 0.3) is 0 Å². The summed E-state index contributed by atoms with van der Waals surface area (Å²) in [6, 6.07) is 5.78. The molecule has 1 aliphatic rings. The van der Waals surface area contributed by atoms with Crippen LogP contribution in [0.15, 0.2) is 41.3 Å². The zero-order chi connectivity index (χ0) is 19.2. The highest BCUT2D eigenvalue weighted by atomic mass is 32.2. The predicted molar refractivity (Wildman–Crippen MR) is 98.6 cm³/mol. The molecule has 0 bridgehead atoms. The van der Waals surface area contributed by atoms with Gasteiger partial charge < -0.3 is 0 Å². The second-order valence-electron chi connectivity index (χ2n) is 6.09. The number of nitrogens with one attached hydrogen (secondary N) is 2. The van der Waals surface area contributed by atoms with E-state index >= 15 is 0 Å². The Balaban J connectivity index is 2.01. The first-order valence-electron chi connectivity index (χ1n) is 8.74. The van der Waals surface area contributed by atoms with Crippen LogP contribution < -0.4 is 10.9 Å². The molecule has 1 atom stereocenters. The van der Waals surface area contributed by atoms with Gasteiger partial charge in [-0.25, -0.2) is 8.42 Å². The van der Waals surface area contributed by atoms with Gasteiger partial charge >= 0.3 is 0 Å². The number of rotatable bonds is 7. The number of hydrogen-bond donors (Lipinski definition) is 2. The first kappa shape index (κ1) is 20.1. The average molecular weight is 379 g/mol. The van der Waals surface area contributed by atoms with Crippen molar-refractivity contribution < 1.29 is 18.0 Å². The summed E-state index contributed by atoms with van der Waals surface area (Å²) in [7, 11) is -3.65. The van der Waals surface area contributed by atoms with Gasteiger partial charge in [0, 0.05) is 25.1 Å². The van der Waals surface area contributed by atoms with Gasteiger partial charge in [0.2, 0.25) is 15.9 Å². The third kappa shape index (κ3) is 4.92. The second-order valence-corrected chi connectivity index (χ2v) is 8.03. The van der Waals surface area contributed by atoms with E-state index in [4.69, 9.17) is 0 Å². The molecule has 0 saturated carbocycles. The number of hydrazine groups is 1. The Labute approximate surface area is 154 Å². The molecule has 0 radical (unpaired) electrons. The third-order valence-corrected chi connectivity index (χ3v) is 6.36. The number of amides is 2. The smallest absolute Gasteiger partial charge is 0.269 e. The topological polar surface area (TPSA) is 95.6 Å². The number of allylic oxidation sites excluding steroid dienone is 2. The molecule has 2 amide bonds. The standard InChI is InChI=1S/C18H25N3O4S/c1-3-21(4-2)26(24,25)16-11-7-10-15(13-16)18(23)20-19-17(22)12-14-8-5-6-9-14/h5,7-8,10-11,13-14H,3-4,6,9,12H2,1-2H3,(H,19,22)(H,20,23)/t14-/m0/s1. The molecule has 1 aliphatic carbocycles. The van der Waals surface area contributed by atoms with Crippen molar-refractivity contribution in [2.24, 2.45) is 5.92 Å². The molecule has 8 heteroatoms. The maximum atomic E-state index is 12.5. The minimum atomic E-state index is -3.65. The molecule has 142 valence electrons. The van der Waals surface area contributed by atoms with E-state index in [1.807, 2.05) is 12.2 Å². The highest BCUT2D eigenvalue weighted by molar-refractivity contribution is 7.89. The molecule has 0 aliphatic heterocycles. The van der Waals surface area contributed by atoms with Crippen LogP contribution in [0.2, 0.25) is 0 Å². The summed E-state index contributed by atoms with van der Waals surface area (Å²) in [5, 5.41) is 0. The van der Waals surface area contributed by atoms with Gasteiger partial charge in [0.25, 0.3) is 5.91 Å². The number of nitrogens with zero attached hydrogens (tertiary/aromatic N) is 1. The van der Waals surface area contributed by atoms with E-state index in [2.05, 4.69) is 10.9 Å². The summed E-state index contributed by atoms with van der Waals surface area (Å²) >= 11 is 0. The number of carbonyl (C=O) groups excluding carboxylic acids is 2. The first-order chi connectivity index (χ1) is 12.4. The quantitative estimate of drug-likeness (QED) is 0.558. The maximum absolute atomic E-state index is 12.5. The van der Waals surface area contributed by atoms with E-state index in [0.29, 0.717) is 19.5 Å². The molecular formula is C18H25N3O4S. The number of sulfonamides is 1. The van der Waals surface area contributed by atoms with Gasteiger partial charge in [-0.3, -0.25) is 20.4 Å². The Bertz CT molecular complexity index is 785. The van der Waals surface area contributed by atoms with Crippen molar-refractivity contribution in [3.05, 3.63) is 42.0 Å². The molecule has 2 rings (SSSR count). The van der Waals surface area contributed by atoms with Gasteiger partial charge in [0.05, 0.1) is 4.90 Å². The molecule has 1 aromatic carbocycles. The Hall–Kier alpha value is -2.19. The van der Waals surface area contributed by atoms with Crippen LogP contribution >= 0.6 is 0 Å². The largest absolute Gasteiger partial charge is 0.273 e. The molecule has 0 spiro atoms. The van der Waals surface area contributed by atoms with Crippen molar-refractivity contribution in [2.45, 2.75) is 38.0 Å². The van der Waals surface area contributed by atoms with E-state index in [9.17, 15) is 18.0 Å². The van der Waals surface area contributed by atoms with Crippen LogP contribution in [0.4, 0.5) is 0 Å². The minimum Gasteiger partial charge on any atom is -0.273 e. The average Bonchev–Trinajstić information content (AvgIpc) is 3.13. The highest BCUT2D eigenvalue weighted by Crippen LogP contribution is 2.20. The molecule has 0 aromatic heterocycles. The van der Waals surface area contributed by atoms with Crippen LogP contribution in [0, 0.1) is 5.92 Å². The summed E-state index contributed by atoms with van der Waals surface area (Å²) < 4.78 is 26.4. The lowest BCUT2D eigenvalue weighted by molar-refractivity contribution is -0.122. The maximum Gasteiger partial charge on any atom is 0.269 e. The Morgan fingerprint density at radius 1 is 1.19 bits per heavy atom. The molecule has 1 aromatic rings. The van der Waals surface area contributed by atoms with E-state index < -0.39 is 15.9 Å². The van der Waals surface area contributed by atoms with Crippen molar-refractivity contribution in [3.8, 4) is 0 Å². The van der Waals surface area contributed by atoms with Crippen molar-refractivity contribution in [3.63, 3.8) is 0 Å². The number of carbonyl (C=O) groups is 2. The predicted octanol–water partition coefficient (Wildman–Crippen LogP) is 1.83. The molecule has 2 N–H and O–H groups in total. The van der Waals surface area contributed by atoms with Crippen molar-refractivity contribution in [1.82, 2.24) is 15.2 Å².